The van der Waals surface area contributed by atoms with Gasteiger partial charge < -0.3 is 13.9 Å². The minimum Gasteiger partial charge on any atom is -0.456 e. The van der Waals surface area contributed by atoms with Crippen molar-refractivity contribution in [2.45, 2.75) is 0 Å². The maximum atomic E-state index is 6.81. The van der Waals surface area contributed by atoms with Crippen molar-refractivity contribution >= 4 is 125 Å². The highest BCUT2D eigenvalue weighted by Crippen LogP contribution is 2.49. The van der Waals surface area contributed by atoms with E-state index in [9.17, 15) is 0 Å². The second-order valence-corrected chi connectivity index (χ2v) is 17.8. The van der Waals surface area contributed by atoms with Gasteiger partial charge in [0, 0.05) is 70.4 Å². The van der Waals surface area contributed by atoms with Gasteiger partial charge in [-0.1, -0.05) is 140 Å². The molecular formula is C60H36N2OS. The summed E-state index contributed by atoms with van der Waals surface area (Å²) in [6.07, 6.45) is 0. The van der Waals surface area contributed by atoms with Crippen LogP contribution in [0, 0.1) is 0 Å². The number of para-hydroxylation sites is 3. The summed E-state index contributed by atoms with van der Waals surface area (Å²) in [6.45, 7) is 0. The molecule has 0 amide bonds. The summed E-state index contributed by atoms with van der Waals surface area (Å²) < 4.78 is 11.8. The molecule has 3 nitrogen and oxygen atoms in total. The molecule has 0 aliphatic heterocycles. The van der Waals surface area contributed by atoms with Crippen LogP contribution in [-0.4, -0.2) is 4.57 Å². The SMILES string of the molecule is c1ccc(N(c2ccc(-n3c4ccccc4c4c(-c5ccc6c7ccccc7c7ccccc7c6c5)c5c(cc43)oc3ccccc35)cc2)c2cccc3sc4ccccc4c23)cc1. The second-order valence-electron chi connectivity index (χ2n) is 16.8. The number of rotatable bonds is 5. The lowest BCUT2D eigenvalue weighted by Gasteiger charge is -2.26. The van der Waals surface area contributed by atoms with E-state index in [0.717, 1.165) is 50.0 Å². The summed E-state index contributed by atoms with van der Waals surface area (Å²) >= 11 is 1.85. The third-order valence-corrected chi connectivity index (χ3v) is 14.5. The highest BCUT2D eigenvalue weighted by molar-refractivity contribution is 7.26. The smallest absolute Gasteiger partial charge is 0.138 e. The molecule has 4 heteroatoms. The van der Waals surface area contributed by atoms with Gasteiger partial charge in [0.05, 0.1) is 16.7 Å². The summed E-state index contributed by atoms with van der Waals surface area (Å²) in [5.41, 5.74) is 10.8. The van der Waals surface area contributed by atoms with Crippen molar-refractivity contribution in [2.75, 3.05) is 4.90 Å². The fourth-order valence-electron chi connectivity index (χ4n) is 10.7. The minimum atomic E-state index is 0.874. The molecule has 0 bridgehead atoms. The van der Waals surface area contributed by atoms with E-state index in [1.165, 1.54) is 80.1 Å². The molecule has 3 aromatic heterocycles. The van der Waals surface area contributed by atoms with Gasteiger partial charge in [-0.2, -0.15) is 0 Å². The number of benzene rings is 11. The standard InChI is InChI=1S/C60H36N2OS/c1-2-15-38(16-3-1)61(51-25-14-28-56-58(51)48-23-10-13-27-55(48)64-56)39-30-32-40(33-31-39)62-50-24-11-8-21-46(50)59-52(62)36-54-60(47-22-9-12-26-53(47)63-54)57(59)37-29-34-45-43-19-5-4-17-41(43)42-18-6-7-20-44(42)49(45)35-37/h1-36H. The molecule has 0 aliphatic carbocycles. The van der Waals surface area contributed by atoms with Crippen LogP contribution in [0.15, 0.2) is 223 Å². The Morgan fingerprint density at radius 2 is 0.953 bits per heavy atom. The Balaban J connectivity index is 1.02. The maximum Gasteiger partial charge on any atom is 0.138 e. The van der Waals surface area contributed by atoms with Crippen molar-refractivity contribution in [1.82, 2.24) is 4.57 Å². The van der Waals surface area contributed by atoms with E-state index in [4.69, 9.17) is 4.42 Å². The van der Waals surface area contributed by atoms with Gasteiger partial charge in [0.25, 0.3) is 0 Å². The topological polar surface area (TPSA) is 21.3 Å². The monoisotopic (exact) mass is 832 g/mol. The van der Waals surface area contributed by atoms with Crippen molar-refractivity contribution in [1.29, 1.82) is 0 Å². The number of furan rings is 1. The number of hydrogen-bond acceptors (Lipinski definition) is 3. The summed E-state index contributed by atoms with van der Waals surface area (Å²) in [5, 5.41) is 14.8. The fourth-order valence-corrected chi connectivity index (χ4v) is 11.8. The molecule has 298 valence electrons. The Morgan fingerprint density at radius 1 is 0.359 bits per heavy atom. The Bertz CT molecular complexity index is 4160. The molecule has 0 unspecified atom stereocenters. The molecule has 0 aliphatic rings. The number of anilines is 3. The summed E-state index contributed by atoms with van der Waals surface area (Å²) in [5.74, 6) is 0. The number of fused-ring (bicyclic) bond motifs is 15. The zero-order valence-electron chi connectivity index (χ0n) is 34.5. The quantitative estimate of drug-likeness (QED) is 0.161. The van der Waals surface area contributed by atoms with Crippen LogP contribution in [0.3, 0.4) is 0 Å². The highest BCUT2D eigenvalue weighted by Gasteiger charge is 2.24. The van der Waals surface area contributed by atoms with Gasteiger partial charge in [0.2, 0.25) is 0 Å². The van der Waals surface area contributed by atoms with Gasteiger partial charge in [-0.05, 0) is 111 Å². The molecule has 0 saturated heterocycles. The van der Waals surface area contributed by atoms with Crippen LogP contribution in [0.4, 0.5) is 17.1 Å². The van der Waals surface area contributed by atoms with Crippen LogP contribution in [0.25, 0.3) is 113 Å². The largest absolute Gasteiger partial charge is 0.456 e. The predicted octanol–water partition coefficient (Wildman–Crippen LogP) is 17.6. The molecule has 14 rings (SSSR count). The summed E-state index contributed by atoms with van der Waals surface area (Å²) in [4.78, 5) is 2.40. The third kappa shape index (κ3) is 5.09. The average molecular weight is 833 g/mol. The third-order valence-electron chi connectivity index (χ3n) is 13.3. The first-order valence-corrected chi connectivity index (χ1v) is 22.7. The van der Waals surface area contributed by atoms with Crippen LogP contribution in [0.2, 0.25) is 0 Å². The lowest BCUT2D eigenvalue weighted by atomic mass is 9.89. The Hall–Kier alpha value is -8.18. The van der Waals surface area contributed by atoms with Crippen molar-refractivity contribution in [3.63, 3.8) is 0 Å². The first-order valence-electron chi connectivity index (χ1n) is 21.8. The zero-order valence-corrected chi connectivity index (χ0v) is 35.3. The summed E-state index contributed by atoms with van der Waals surface area (Å²) in [6, 6.07) is 79.6. The molecule has 0 radical (unpaired) electrons. The molecule has 11 aromatic carbocycles. The van der Waals surface area contributed by atoms with Crippen LogP contribution >= 0.6 is 11.3 Å². The average Bonchev–Trinajstić information content (AvgIpc) is 4.04. The number of nitrogens with zero attached hydrogens (tertiary/aromatic N) is 2. The number of hydrogen-bond donors (Lipinski definition) is 0. The van der Waals surface area contributed by atoms with Crippen LogP contribution in [0.5, 0.6) is 0 Å². The lowest BCUT2D eigenvalue weighted by Crippen LogP contribution is -2.10. The molecule has 0 atom stereocenters. The van der Waals surface area contributed by atoms with Crippen molar-refractivity contribution in [3.8, 4) is 16.8 Å². The van der Waals surface area contributed by atoms with Crippen LogP contribution in [0.1, 0.15) is 0 Å². The molecule has 0 fully saturated rings. The van der Waals surface area contributed by atoms with E-state index >= 15 is 0 Å². The highest BCUT2D eigenvalue weighted by atomic mass is 32.1. The van der Waals surface area contributed by atoms with E-state index in [0.29, 0.717) is 0 Å². The van der Waals surface area contributed by atoms with E-state index in [2.05, 4.69) is 228 Å². The van der Waals surface area contributed by atoms with Gasteiger partial charge in [0.15, 0.2) is 0 Å². The van der Waals surface area contributed by atoms with E-state index in [1.54, 1.807) is 0 Å². The molecule has 14 aromatic rings. The van der Waals surface area contributed by atoms with Gasteiger partial charge in [0.1, 0.15) is 11.2 Å². The lowest BCUT2D eigenvalue weighted by molar-refractivity contribution is 0.669. The predicted molar refractivity (Wildman–Crippen MR) is 274 cm³/mol. The molecule has 0 N–H and O–H groups in total. The molecular weight excluding hydrogens is 797 g/mol. The van der Waals surface area contributed by atoms with Gasteiger partial charge in [-0.25, -0.2) is 0 Å². The van der Waals surface area contributed by atoms with Crippen molar-refractivity contribution < 1.29 is 4.42 Å². The second kappa shape index (κ2) is 13.7. The van der Waals surface area contributed by atoms with Crippen LogP contribution in [-0.2, 0) is 0 Å². The van der Waals surface area contributed by atoms with E-state index in [1.807, 2.05) is 11.3 Å². The Morgan fingerprint density at radius 3 is 1.72 bits per heavy atom. The molecule has 64 heavy (non-hydrogen) atoms. The minimum absolute atomic E-state index is 0.874. The van der Waals surface area contributed by atoms with Gasteiger partial charge >= 0.3 is 0 Å². The van der Waals surface area contributed by atoms with E-state index < -0.39 is 0 Å². The number of aromatic nitrogens is 1. The Labute approximate surface area is 371 Å². The normalized spacial score (nSPS) is 12.1. The van der Waals surface area contributed by atoms with Gasteiger partial charge in [-0.3, -0.25) is 0 Å². The fraction of sp³-hybridized carbons (Fsp3) is 0. The van der Waals surface area contributed by atoms with Gasteiger partial charge in [-0.15, -0.1) is 11.3 Å². The number of thiophene rings is 1. The Kier molecular flexibility index (Phi) is 7.56. The van der Waals surface area contributed by atoms with E-state index in [-0.39, 0.29) is 0 Å². The molecule has 3 heterocycles. The zero-order chi connectivity index (χ0) is 41.9. The first-order chi connectivity index (χ1) is 31.8. The van der Waals surface area contributed by atoms with Crippen LogP contribution < -0.4 is 4.90 Å². The van der Waals surface area contributed by atoms with Crippen molar-refractivity contribution in [3.05, 3.63) is 218 Å². The first kappa shape index (κ1) is 35.4. The molecule has 0 saturated carbocycles. The summed E-state index contributed by atoms with van der Waals surface area (Å²) in [7, 11) is 0. The van der Waals surface area contributed by atoms with Crippen molar-refractivity contribution in [2.24, 2.45) is 0 Å². The maximum absolute atomic E-state index is 6.81. The molecule has 0 spiro atoms.